The highest BCUT2D eigenvalue weighted by molar-refractivity contribution is 6.40. The zero-order chi connectivity index (χ0) is 26.7. The Morgan fingerprint density at radius 1 is 0.821 bits per heavy atom. The van der Waals surface area contributed by atoms with Crippen LogP contribution in [0, 0.1) is 0 Å². The highest BCUT2D eigenvalue weighted by atomic mass is 35.5. The molecule has 4 aliphatic heterocycles. The second-order valence-electron chi connectivity index (χ2n) is 11.3. The van der Waals surface area contributed by atoms with Crippen LogP contribution in [0.25, 0.3) is 11.1 Å². The minimum Gasteiger partial charge on any atom is -0.333 e. The fourth-order valence-electron chi connectivity index (χ4n) is 7.11. The van der Waals surface area contributed by atoms with E-state index in [0.29, 0.717) is 39.4 Å². The smallest absolute Gasteiger partial charge is 0.326 e. The number of halogens is 3. The van der Waals surface area contributed by atoms with Gasteiger partial charge in [-0.15, -0.1) is 0 Å². The molecule has 7 rings (SSSR count). The van der Waals surface area contributed by atoms with E-state index >= 15 is 0 Å². The fourth-order valence-corrected chi connectivity index (χ4v) is 7.91. The molecule has 3 saturated heterocycles. The molecule has 5 nitrogen and oxygen atoms in total. The maximum absolute atomic E-state index is 13.4. The first-order chi connectivity index (χ1) is 19.0. The van der Waals surface area contributed by atoms with Gasteiger partial charge in [0, 0.05) is 47.4 Å². The van der Waals surface area contributed by atoms with Gasteiger partial charge in [0.2, 0.25) is 0 Å². The standard InChI is InChI=1S/C31H31Cl3N4O/c32-26-6-2-1-5-23(26)24-13-19(18-37-20-9-10-21(37)16-22(15-20)36-11-4-12-36)14-29-25(24)17-35-31(39)38(29)30-27(33)7-3-8-28(30)34/h1-3,5-8,13-14,20-22H,4,9-12,15-18H2,(H,35,39). The minimum absolute atomic E-state index is 0.241. The Hall–Kier alpha value is -2.28. The number of hydrogen-bond acceptors (Lipinski definition) is 3. The molecule has 2 bridgehead atoms. The summed E-state index contributed by atoms with van der Waals surface area (Å²) in [5.41, 5.74) is 5.47. The van der Waals surface area contributed by atoms with Crippen molar-refractivity contribution in [2.24, 2.45) is 0 Å². The number of urea groups is 1. The van der Waals surface area contributed by atoms with Crippen LogP contribution in [0.3, 0.4) is 0 Å². The quantitative estimate of drug-likeness (QED) is 0.333. The highest BCUT2D eigenvalue weighted by Gasteiger charge is 2.43. The van der Waals surface area contributed by atoms with Crippen molar-refractivity contribution in [1.29, 1.82) is 0 Å². The maximum atomic E-state index is 13.4. The summed E-state index contributed by atoms with van der Waals surface area (Å²) in [5.74, 6) is 0. The van der Waals surface area contributed by atoms with Gasteiger partial charge in [-0.05, 0) is 86.7 Å². The molecule has 0 radical (unpaired) electrons. The van der Waals surface area contributed by atoms with Crippen molar-refractivity contribution in [1.82, 2.24) is 15.1 Å². The van der Waals surface area contributed by atoms with Crippen LogP contribution >= 0.6 is 34.8 Å². The summed E-state index contributed by atoms with van der Waals surface area (Å²) >= 11 is 20.0. The van der Waals surface area contributed by atoms with Crippen molar-refractivity contribution in [3.8, 4) is 11.1 Å². The van der Waals surface area contributed by atoms with E-state index < -0.39 is 0 Å². The lowest BCUT2D eigenvalue weighted by Crippen LogP contribution is -2.53. The maximum Gasteiger partial charge on any atom is 0.326 e. The van der Waals surface area contributed by atoms with Gasteiger partial charge in [0.25, 0.3) is 0 Å². The lowest BCUT2D eigenvalue weighted by molar-refractivity contribution is 0.0249. The van der Waals surface area contributed by atoms with Crippen LogP contribution in [0.15, 0.2) is 54.6 Å². The van der Waals surface area contributed by atoms with E-state index in [1.165, 1.54) is 50.8 Å². The van der Waals surface area contributed by atoms with Crippen LogP contribution in [0.5, 0.6) is 0 Å². The van der Waals surface area contributed by atoms with Gasteiger partial charge in [-0.2, -0.15) is 0 Å². The molecule has 39 heavy (non-hydrogen) atoms. The second-order valence-corrected chi connectivity index (χ2v) is 12.5. The first-order valence-electron chi connectivity index (χ1n) is 13.9. The van der Waals surface area contributed by atoms with E-state index in [1.54, 1.807) is 23.1 Å². The molecule has 3 aromatic rings. The minimum atomic E-state index is -0.241. The Morgan fingerprint density at radius 3 is 2.18 bits per heavy atom. The Labute approximate surface area is 244 Å². The van der Waals surface area contributed by atoms with Gasteiger partial charge in [-0.3, -0.25) is 9.80 Å². The number of anilines is 2. The molecule has 4 heterocycles. The second kappa shape index (κ2) is 10.3. The number of amides is 2. The summed E-state index contributed by atoms with van der Waals surface area (Å²) in [4.78, 5) is 20.4. The number of para-hydroxylation sites is 1. The summed E-state index contributed by atoms with van der Waals surface area (Å²) in [5, 5.41) is 4.58. The predicted octanol–water partition coefficient (Wildman–Crippen LogP) is 7.88. The molecular weight excluding hydrogens is 551 g/mol. The van der Waals surface area contributed by atoms with Crippen LogP contribution in [0.1, 0.15) is 43.2 Å². The Morgan fingerprint density at radius 2 is 1.51 bits per heavy atom. The van der Waals surface area contributed by atoms with Crippen molar-refractivity contribution >= 4 is 52.2 Å². The Balaban J connectivity index is 1.32. The van der Waals surface area contributed by atoms with Gasteiger partial charge in [0.15, 0.2) is 0 Å². The number of benzene rings is 3. The molecule has 0 aliphatic carbocycles. The van der Waals surface area contributed by atoms with Gasteiger partial charge in [-0.1, -0.05) is 59.1 Å². The van der Waals surface area contributed by atoms with Crippen molar-refractivity contribution < 1.29 is 4.79 Å². The van der Waals surface area contributed by atoms with Crippen molar-refractivity contribution in [3.05, 3.63) is 80.8 Å². The summed E-state index contributed by atoms with van der Waals surface area (Å²) in [6.45, 7) is 3.77. The van der Waals surface area contributed by atoms with E-state index in [1.807, 2.05) is 24.3 Å². The SMILES string of the molecule is O=C1NCc2c(-c3ccccc3Cl)cc(CN3C4CCC3CC(N3CCC3)C4)cc2N1c1c(Cl)cccc1Cl. The summed E-state index contributed by atoms with van der Waals surface area (Å²) < 4.78 is 0. The number of nitrogens with one attached hydrogen (secondary N) is 1. The van der Waals surface area contributed by atoms with E-state index in [4.69, 9.17) is 34.8 Å². The van der Waals surface area contributed by atoms with Crippen LogP contribution in [0.2, 0.25) is 15.1 Å². The number of carbonyl (C=O) groups is 1. The third-order valence-corrected chi connectivity index (χ3v) is 10.0. The molecule has 2 amide bonds. The predicted molar refractivity (Wildman–Crippen MR) is 159 cm³/mol. The van der Waals surface area contributed by atoms with Crippen LogP contribution in [0.4, 0.5) is 16.2 Å². The number of hydrogen-bond donors (Lipinski definition) is 1. The molecule has 0 saturated carbocycles. The number of piperidine rings is 1. The van der Waals surface area contributed by atoms with Crippen LogP contribution in [-0.4, -0.2) is 47.0 Å². The molecule has 0 aromatic heterocycles. The first-order valence-corrected chi connectivity index (χ1v) is 15.0. The van der Waals surface area contributed by atoms with Crippen LogP contribution < -0.4 is 10.2 Å². The number of carbonyl (C=O) groups excluding carboxylic acids is 1. The molecule has 1 N–H and O–H groups in total. The summed E-state index contributed by atoms with van der Waals surface area (Å²) in [6, 6.07) is 19.4. The number of fused-ring (bicyclic) bond motifs is 3. The number of nitrogens with zero attached hydrogens (tertiary/aromatic N) is 3. The molecule has 4 aliphatic rings. The van der Waals surface area contributed by atoms with Gasteiger partial charge in [0.1, 0.15) is 0 Å². The topological polar surface area (TPSA) is 38.8 Å². The highest BCUT2D eigenvalue weighted by Crippen LogP contribution is 2.46. The molecular formula is C31H31Cl3N4O. The van der Waals surface area contributed by atoms with E-state index in [0.717, 1.165) is 35.0 Å². The Bertz CT molecular complexity index is 1410. The van der Waals surface area contributed by atoms with E-state index in [9.17, 15) is 4.79 Å². The van der Waals surface area contributed by atoms with Crippen molar-refractivity contribution in [3.63, 3.8) is 0 Å². The molecule has 2 unspecified atom stereocenters. The van der Waals surface area contributed by atoms with Crippen molar-refractivity contribution in [2.75, 3.05) is 18.0 Å². The molecule has 3 aromatic carbocycles. The normalized spacial score (nSPS) is 24.8. The van der Waals surface area contributed by atoms with E-state index in [-0.39, 0.29) is 6.03 Å². The molecule has 2 atom stereocenters. The zero-order valence-electron chi connectivity index (χ0n) is 21.7. The number of rotatable bonds is 5. The van der Waals surface area contributed by atoms with Gasteiger partial charge < -0.3 is 10.2 Å². The molecule has 3 fully saturated rings. The average Bonchev–Trinajstić information content (AvgIpc) is 3.10. The molecule has 202 valence electrons. The average molecular weight is 582 g/mol. The largest absolute Gasteiger partial charge is 0.333 e. The Kier molecular flexibility index (Phi) is 6.77. The fraction of sp³-hybridized carbons (Fsp3) is 0.387. The number of likely N-dealkylation sites (tertiary alicyclic amines) is 1. The summed E-state index contributed by atoms with van der Waals surface area (Å²) in [7, 11) is 0. The van der Waals surface area contributed by atoms with Crippen molar-refractivity contribution in [2.45, 2.75) is 63.3 Å². The third-order valence-electron chi connectivity index (χ3n) is 9.10. The summed E-state index contributed by atoms with van der Waals surface area (Å²) in [6.07, 6.45) is 6.38. The van der Waals surface area contributed by atoms with Gasteiger partial charge in [0.05, 0.1) is 21.4 Å². The molecule has 8 heteroatoms. The zero-order valence-corrected chi connectivity index (χ0v) is 23.9. The van der Waals surface area contributed by atoms with Gasteiger partial charge >= 0.3 is 6.03 Å². The lowest BCUT2D eigenvalue weighted by Gasteiger charge is -2.46. The van der Waals surface area contributed by atoms with Gasteiger partial charge in [-0.25, -0.2) is 4.79 Å². The first kappa shape index (κ1) is 25.7. The third kappa shape index (κ3) is 4.53. The monoisotopic (exact) mass is 580 g/mol. The molecule has 0 spiro atoms. The van der Waals surface area contributed by atoms with E-state index in [2.05, 4.69) is 27.2 Å². The lowest BCUT2D eigenvalue weighted by atomic mass is 9.91. The van der Waals surface area contributed by atoms with Crippen LogP contribution in [-0.2, 0) is 13.1 Å².